The zero-order valence-electron chi connectivity index (χ0n) is 17.4. The van der Waals surface area contributed by atoms with Crippen LogP contribution in [0.1, 0.15) is 64.7 Å². The van der Waals surface area contributed by atoms with Gasteiger partial charge < -0.3 is 9.42 Å². The number of aromatic nitrogens is 2. The Morgan fingerprint density at radius 3 is 2.57 bits per heavy atom. The van der Waals surface area contributed by atoms with Crippen molar-refractivity contribution in [1.29, 1.82) is 0 Å². The van der Waals surface area contributed by atoms with Gasteiger partial charge in [0.15, 0.2) is 0 Å². The van der Waals surface area contributed by atoms with E-state index >= 15 is 0 Å². The Kier molecular flexibility index (Phi) is 5.31. The second kappa shape index (κ2) is 7.59. The van der Waals surface area contributed by atoms with Crippen molar-refractivity contribution in [3.63, 3.8) is 0 Å². The molecule has 2 saturated heterocycles. The van der Waals surface area contributed by atoms with Crippen LogP contribution < -0.4 is 0 Å². The summed E-state index contributed by atoms with van der Waals surface area (Å²) in [6.07, 6.45) is 4.89. The van der Waals surface area contributed by atoms with Crippen LogP contribution in [0.5, 0.6) is 0 Å². The molecule has 6 nitrogen and oxygen atoms in total. The van der Waals surface area contributed by atoms with E-state index in [-0.39, 0.29) is 11.4 Å². The van der Waals surface area contributed by atoms with Crippen LogP contribution in [-0.4, -0.2) is 44.5 Å². The summed E-state index contributed by atoms with van der Waals surface area (Å²) in [4.78, 5) is 23.4. The monoisotopic (exact) mass is 402 g/mol. The maximum absolute atomic E-state index is 12.8. The van der Waals surface area contributed by atoms with Crippen molar-refractivity contribution >= 4 is 17.2 Å². The zero-order chi connectivity index (χ0) is 19.9. The summed E-state index contributed by atoms with van der Waals surface area (Å²) in [6, 6.07) is 0. The highest BCUT2D eigenvalue weighted by Crippen LogP contribution is 2.41. The van der Waals surface area contributed by atoms with Gasteiger partial charge in [0, 0.05) is 35.5 Å². The van der Waals surface area contributed by atoms with Gasteiger partial charge in [-0.25, -0.2) is 4.98 Å². The normalized spacial score (nSPS) is 23.7. The molecule has 1 spiro atoms. The second-order valence-electron chi connectivity index (χ2n) is 8.38. The molecule has 2 aromatic heterocycles. The van der Waals surface area contributed by atoms with Gasteiger partial charge in [-0.05, 0) is 59.9 Å². The van der Waals surface area contributed by atoms with Crippen LogP contribution in [0.15, 0.2) is 4.52 Å². The van der Waals surface area contributed by atoms with Gasteiger partial charge in [0.05, 0.1) is 22.9 Å². The summed E-state index contributed by atoms with van der Waals surface area (Å²) in [5.41, 5.74) is 3.13. The van der Waals surface area contributed by atoms with Gasteiger partial charge in [0.25, 0.3) is 0 Å². The molecule has 0 N–H and O–H groups in total. The topological polar surface area (TPSA) is 62.5 Å². The van der Waals surface area contributed by atoms with Gasteiger partial charge in [-0.2, -0.15) is 0 Å². The fourth-order valence-electron chi connectivity index (χ4n) is 4.85. The largest absolute Gasteiger partial charge is 0.361 e. The Hall–Kier alpha value is -1.73. The quantitative estimate of drug-likeness (QED) is 0.776. The molecule has 4 rings (SSSR count). The number of likely N-dealkylation sites (tertiary alicyclic amines) is 2. The molecule has 28 heavy (non-hydrogen) atoms. The SMILES string of the molecule is Cc1nc(C)c(CN2CCC[C@]3(CCC(=O)N3Cc3c(C)noc3C)CC2)s1. The standard InChI is InChI=1S/C21H30N4O2S/c1-14-18(16(3)27-23-14)12-25-20(26)6-8-21(25)7-5-10-24(11-9-21)13-19-15(2)22-17(4)28-19/h5-13H2,1-4H3/t21-/m0/s1. The average molecular weight is 403 g/mol. The summed E-state index contributed by atoms with van der Waals surface area (Å²) in [6.45, 7) is 11.8. The lowest BCUT2D eigenvalue weighted by atomic mass is 9.87. The van der Waals surface area contributed by atoms with Gasteiger partial charge in [-0.15, -0.1) is 11.3 Å². The van der Waals surface area contributed by atoms with Crippen molar-refractivity contribution in [3.05, 3.63) is 32.6 Å². The molecular formula is C21H30N4O2S. The Labute approximate surface area is 170 Å². The zero-order valence-corrected chi connectivity index (χ0v) is 18.2. The maximum atomic E-state index is 12.8. The molecule has 2 aliphatic heterocycles. The highest BCUT2D eigenvalue weighted by Gasteiger charge is 2.46. The number of carbonyl (C=O) groups excluding carboxylic acids is 1. The molecule has 0 aromatic carbocycles. The van der Waals surface area contributed by atoms with Crippen molar-refractivity contribution in [2.75, 3.05) is 13.1 Å². The minimum absolute atomic E-state index is 0.0132. The molecule has 0 unspecified atom stereocenters. The van der Waals surface area contributed by atoms with Crippen LogP contribution in [0, 0.1) is 27.7 Å². The van der Waals surface area contributed by atoms with E-state index in [2.05, 4.69) is 33.8 Å². The molecule has 152 valence electrons. The van der Waals surface area contributed by atoms with E-state index in [0.717, 1.165) is 73.0 Å². The first kappa shape index (κ1) is 19.6. The summed E-state index contributed by atoms with van der Waals surface area (Å²) in [7, 11) is 0. The third kappa shape index (κ3) is 3.62. The van der Waals surface area contributed by atoms with Crippen molar-refractivity contribution < 1.29 is 9.32 Å². The van der Waals surface area contributed by atoms with E-state index in [1.807, 2.05) is 25.2 Å². The smallest absolute Gasteiger partial charge is 0.223 e. The molecule has 0 bridgehead atoms. The Balaban J connectivity index is 1.49. The molecule has 2 aromatic rings. The second-order valence-corrected chi connectivity index (χ2v) is 9.67. The molecule has 4 heterocycles. The number of thiazole rings is 1. The Morgan fingerprint density at radius 2 is 1.89 bits per heavy atom. The fraction of sp³-hybridized carbons (Fsp3) is 0.667. The van der Waals surface area contributed by atoms with E-state index < -0.39 is 0 Å². The van der Waals surface area contributed by atoms with Gasteiger partial charge in [-0.1, -0.05) is 5.16 Å². The summed E-state index contributed by atoms with van der Waals surface area (Å²) in [5.74, 6) is 1.11. The third-order valence-electron chi connectivity index (χ3n) is 6.55. The van der Waals surface area contributed by atoms with Crippen molar-refractivity contribution in [2.24, 2.45) is 0 Å². The van der Waals surface area contributed by atoms with Crippen LogP contribution >= 0.6 is 11.3 Å². The number of hydrogen-bond donors (Lipinski definition) is 0. The first-order valence-corrected chi connectivity index (χ1v) is 11.1. The third-order valence-corrected chi connectivity index (χ3v) is 7.61. The lowest BCUT2D eigenvalue weighted by Crippen LogP contribution is -2.46. The van der Waals surface area contributed by atoms with Crippen molar-refractivity contribution in [2.45, 2.75) is 78.4 Å². The Morgan fingerprint density at radius 1 is 1.07 bits per heavy atom. The summed E-state index contributed by atoms with van der Waals surface area (Å²) in [5, 5.41) is 5.22. The van der Waals surface area contributed by atoms with E-state index in [1.165, 1.54) is 4.88 Å². The fourth-order valence-corrected chi connectivity index (χ4v) is 5.83. The molecule has 0 radical (unpaired) electrons. The highest BCUT2D eigenvalue weighted by atomic mass is 32.1. The summed E-state index contributed by atoms with van der Waals surface area (Å²) >= 11 is 1.81. The predicted octanol–water partition coefficient (Wildman–Crippen LogP) is 3.91. The molecule has 0 aliphatic carbocycles. The Bertz CT molecular complexity index is 854. The first-order chi connectivity index (χ1) is 13.4. The first-order valence-electron chi connectivity index (χ1n) is 10.3. The molecular weight excluding hydrogens is 372 g/mol. The lowest BCUT2D eigenvalue weighted by Gasteiger charge is -2.38. The lowest BCUT2D eigenvalue weighted by molar-refractivity contribution is -0.132. The molecule has 1 atom stereocenters. The van der Waals surface area contributed by atoms with Crippen molar-refractivity contribution in [3.8, 4) is 0 Å². The summed E-state index contributed by atoms with van der Waals surface area (Å²) < 4.78 is 5.34. The number of rotatable bonds is 4. The maximum Gasteiger partial charge on any atom is 0.223 e. The van der Waals surface area contributed by atoms with Gasteiger partial charge in [0.2, 0.25) is 5.91 Å². The average Bonchev–Trinajstić information content (AvgIpc) is 3.18. The number of aryl methyl sites for hydroxylation is 4. The van der Waals surface area contributed by atoms with E-state index in [1.54, 1.807) is 0 Å². The van der Waals surface area contributed by atoms with Gasteiger partial charge in [-0.3, -0.25) is 9.69 Å². The van der Waals surface area contributed by atoms with Crippen LogP contribution in [-0.2, 0) is 17.9 Å². The minimum Gasteiger partial charge on any atom is -0.361 e. The van der Waals surface area contributed by atoms with Crippen LogP contribution in [0.4, 0.5) is 0 Å². The molecule has 2 fully saturated rings. The number of nitrogens with zero attached hydrogens (tertiary/aromatic N) is 4. The highest BCUT2D eigenvalue weighted by molar-refractivity contribution is 7.11. The van der Waals surface area contributed by atoms with Crippen LogP contribution in [0.2, 0.25) is 0 Å². The molecule has 0 saturated carbocycles. The van der Waals surface area contributed by atoms with Gasteiger partial charge >= 0.3 is 0 Å². The van der Waals surface area contributed by atoms with E-state index in [0.29, 0.717) is 13.0 Å². The van der Waals surface area contributed by atoms with E-state index in [4.69, 9.17) is 4.52 Å². The number of carbonyl (C=O) groups is 1. The molecule has 1 amide bonds. The van der Waals surface area contributed by atoms with Crippen LogP contribution in [0.3, 0.4) is 0 Å². The number of hydrogen-bond acceptors (Lipinski definition) is 6. The molecule has 7 heteroatoms. The predicted molar refractivity (Wildman–Crippen MR) is 109 cm³/mol. The van der Waals surface area contributed by atoms with E-state index in [9.17, 15) is 4.79 Å². The minimum atomic E-state index is -0.0132. The molecule has 2 aliphatic rings. The van der Waals surface area contributed by atoms with Crippen molar-refractivity contribution in [1.82, 2.24) is 19.9 Å². The van der Waals surface area contributed by atoms with Gasteiger partial charge in [0.1, 0.15) is 5.76 Å². The van der Waals surface area contributed by atoms with Crippen LogP contribution in [0.25, 0.3) is 0 Å². The number of amides is 1.